The van der Waals surface area contributed by atoms with Crippen LogP contribution in [0.15, 0.2) is 10.5 Å². The number of thiophene rings is 1. The maximum absolute atomic E-state index is 11.6. The zero-order valence-electron chi connectivity index (χ0n) is 7.89. The molecule has 0 saturated carbocycles. The van der Waals surface area contributed by atoms with Gasteiger partial charge in [-0.3, -0.25) is 4.79 Å². The molecule has 0 radical (unpaired) electrons. The van der Waals surface area contributed by atoms with Crippen molar-refractivity contribution < 1.29 is 4.79 Å². The first-order valence-electron chi connectivity index (χ1n) is 4.44. The van der Waals surface area contributed by atoms with Crippen molar-refractivity contribution in [3.63, 3.8) is 0 Å². The molecule has 0 saturated heterocycles. The molecular formula is C10H13BrOS. The molecule has 0 amide bonds. The van der Waals surface area contributed by atoms with E-state index >= 15 is 0 Å². The molecule has 0 atom stereocenters. The van der Waals surface area contributed by atoms with E-state index in [1.807, 2.05) is 13.0 Å². The lowest BCUT2D eigenvalue weighted by Crippen LogP contribution is -1.95. The predicted molar refractivity (Wildman–Crippen MR) is 60.6 cm³/mol. The van der Waals surface area contributed by atoms with Crippen LogP contribution in [0.4, 0.5) is 0 Å². The van der Waals surface area contributed by atoms with Crippen LogP contribution in [0, 0.1) is 6.92 Å². The van der Waals surface area contributed by atoms with Crippen molar-refractivity contribution in [1.82, 2.24) is 0 Å². The molecule has 0 spiro atoms. The number of hydrogen-bond donors (Lipinski definition) is 0. The molecule has 0 aliphatic carbocycles. The summed E-state index contributed by atoms with van der Waals surface area (Å²) < 4.78 is 0.955. The third-order valence-corrected chi connectivity index (χ3v) is 3.80. The monoisotopic (exact) mass is 260 g/mol. The molecule has 0 aliphatic rings. The normalized spacial score (nSPS) is 10.4. The van der Waals surface area contributed by atoms with Gasteiger partial charge in [0.05, 0.1) is 4.88 Å². The van der Waals surface area contributed by atoms with E-state index in [9.17, 15) is 4.79 Å². The molecule has 1 aromatic heterocycles. The molecule has 0 N–H and O–H groups in total. The van der Waals surface area contributed by atoms with Crippen LogP contribution in [-0.2, 0) is 0 Å². The number of halogens is 1. The fourth-order valence-electron chi connectivity index (χ4n) is 1.12. The van der Waals surface area contributed by atoms with E-state index in [0.29, 0.717) is 6.42 Å². The van der Waals surface area contributed by atoms with Crippen LogP contribution in [-0.4, -0.2) is 5.78 Å². The Kier molecular flexibility index (Phi) is 4.13. The maximum Gasteiger partial charge on any atom is 0.173 e. The van der Waals surface area contributed by atoms with Crippen LogP contribution < -0.4 is 0 Å². The number of rotatable bonds is 4. The van der Waals surface area contributed by atoms with E-state index in [2.05, 4.69) is 22.9 Å². The van der Waals surface area contributed by atoms with Crippen LogP contribution in [0.1, 0.15) is 40.7 Å². The van der Waals surface area contributed by atoms with Gasteiger partial charge in [0.1, 0.15) is 0 Å². The summed E-state index contributed by atoms with van der Waals surface area (Å²) in [6.07, 6.45) is 2.74. The lowest BCUT2D eigenvalue weighted by molar-refractivity contribution is 0.0983. The average Bonchev–Trinajstić information content (AvgIpc) is 2.41. The number of aryl methyl sites for hydroxylation is 1. The quantitative estimate of drug-likeness (QED) is 0.742. The Hall–Kier alpha value is -0.150. The van der Waals surface area contributed by atoms with Gasteiger partial charge >= 0.3 is 0 Å². The van der Waals surface area contributed by atoms with Crippen molar-refractivity contribution in [2.45, 2.75) is 33.1 Å². The summed E-state index contributed by atoms with van der Waals surface area (Å²) in [5.74, 6) is 0.270. The largest absolute Gasteiger partial charge is 0.293 e. The van der Waals surface area contributed by atoms with E-state index in [4.69, 9.17) is 0 Å². The number of carbonyl (C=O) groups is 1. The Morgan fingerprint density at radius 1 is 1.62 bits per heavy atom. The van der Waals surface area contributed by atoms with E-state index < -0.39 is 0 Å². The van der Waals surface area contributed by atoms with Crippen LogP contribution in [0.25, 0.3) is 0 Å². The zero-order valence-corrected chi connectivity index (χ0v) is 10.3. The van der Waals surface area contributed by atoms with Gasteiger partial charge in [0.15, 0.2) is 5.78 Å². The Labute approximate surface area is 91.3 Å². The summed E-state index contributed by atoms with van der Waals surface area (Å²) in [5.41, 5.74) is 0. The highest BCUT2D eigenvalue weighted by Gasteiger charge is 2.12. The number of unbranched alkanes of at least 4 members (excludes halogenated alkanes) is 1. The molecule has 1 nitrogen and oxygen atoms in total. The zero-order chi connectivity index (χ0) is 9.84. The van der Waals surface area contributed by atoms with Crippen molar-refractivity contribution in [3.8, 4) is 0 Å². The van der Waals surface area contributed by atoms with Crippen LogP contribution >= 0.6 is 27.3 Å². The summed E-state index contributed by atoms with van der Waals surface area (Å²) in [6.45, 7) is 4.12. The van der Waals surface area contributed by atoms with Gasteiger partial charge in [0.2, 0.25) is 0 Å². The fraction of sp³-hybridized carbons (Fsp3) is 0.500. The average molecular weight is 261 g/mol. The molecule has 1 aromatic rings. The lowest BCUT2D eigenvalue weighted by atomic mass is 10.1. The maximum atomic E-state index is 11.6. The Balaban J connectivity index is 2.70. The molecule has 0 bridgehead atoms. The molecule has 0 aliphatic heterocycles. The minimum Gasteiger partial charge on any atom is -0.293 e. The van der Waals surface area contributed by atoms with Gasteiger partial charge in [-0.1, -0.05) is 13.3 Å². The molecule has 0 fully saturated rings. The van der Waals surface area contributed by atoms with E-state index in [1.165, 1.54) is 4.88 Å². The highest BCUT2D eigenvalue weighted by atomic mass is 79.9. The van der Waals surface area contributed by atoms with E-state index in [1.54, 1.807) is 11.3 Å². The van der Waals surface area contributed by atoms with Gasteiger partial charge in [-0.2, -0.15) is 0 Å². The number of hydrogen-bond acceptors (Lipinski definition) is 2. The molecular weight excluding hydrogens is 248 g/mol. The first-order chi connectivity index (χ1) is 6.15. The van der Waals surface area contributed by atoms with E-state index in [-0.39, 0.29) is 5.78 Å². The molecule has 1 heterocycles. The molecule has 13 heavy (non-hydrogen) atoms. The Morgan fingerprint density at radius 2 is 2.31 bits per heavy atom. The lowest BCUT2D eigenvalue weighted by Gasteiger charge is -1.96. The number of Topliss-reactive ketones (excluding diaryl/α,β-unsaturated/α-hetero) is 1. The highest BCUT2D eigenvalue weighted by Crippen LogP contribution is 2.28. The van der Waals surface area contributed by atoms with Crippen LogP contribution in [0.2, 0.25) is 0 Å². The molecule has 0 unspecified atom stereocenters. The van der Waals surface area contributed by atoms with Crippen molar-refractivity contribution in [3.05, 3.63) is 20.3 Å². The predicted octanol–water partition coefficient (Wildman–Crippen LogP) is 4.19. The molecule has 72 valence electrons. The van der Waals surface area contributed by atoms with Gasteiger partial charge in [-0.25, -0.2) is 0 Å². The number of carbonyl (C=O) groups excluding carboxylic acids is 1. The van der Waals surface area contributed by atoms with Crippen molar-refractivity contribution in [1.29, 1.82) is 0 Å². The summed E-state index contributed by atoms with van der Waals surface area (Å²) in [4.78, 5) is 13.7. The topological polar surface area (TPSA) is 17.1 Å². The minimum absolute atomic E-state index is 0.270. The first-order valence-corrected chi connectivity index (χ1v) is 6.05. The van der Waals surface area contributed by atoms with Gasteiger partial charge in [0.25, 0.3) is 0 Å². The Bertz CT molecular complexity index is 304. The van der Waals surface area contributed by atoms with Crippen LogP contribution in [0.3, 0.4) is 0 Å². The van der Waals surface area contributed by atoms with E-state index in [0.717, 1.165) is 22.2 Å². The summed E-state index contributed by atoms with van der Waals surface area (Å²) in [6, 6.07) is 2.00. The molecule has 0 aromatic carbocycles. The first kappa shape index (κ1) is 10.9. The third-order valence-electron chi connectivity index (χ3n) is 1.82. The van der Waals surface area contributed by atoms with Gasteiger partial charge < -0.3 is 0 Å². The Morgan fingerprint density at radius 3 is 2.77 bits per heavy atom. The molecule has 3 heteroatoms. The van der Waals surface area contributed by atoms with Crippen LogP contribution in [0.5, 0.6) is 0 Å². The van der Waals surface area contributed by atoms with Gasteiger partial charge in [-0.15, -0.1) is 11.3 Å². The fourth-order valence-corrected chi connectivity index (χ4v) is 2.95. The van der Waals surface area contributed by atoms with Crippen molar-refractivity contribution >= 4 is 33.0 Å². The third kappa shape index (κ3) is 2.92. The summed E-state index contributed by atoms with van der Waals surface area (Å²) in [5, 5.41) is 0. The van der Waals surface area contributed by atoms with Crippen molar-refractivity contribution in [2.75, 3.05) is 0 Å². The highest BCUT2D eigenvalue weighted by molar-refractivity contribution is 9.10. The summed E-state index contributed by atoms with van der Waals surface area (Å²) in [7, 11) is 0. The standard InChI is InChI=1S/C10H13BrOS/c1-3-4-5-9(12)10-8(11)6-7(2)13-10/h6H,3-5H2,1-2H3. The minimum atomic E-state index is 0.270. The van der Waals surface area contributed by atoms with Gasteiger partial charge in [-0.05, 0) is 35.3 Å². The second kappa shape index (κ2) is 4.91. The smallest absolute Gasteiger partial charge is 0.173 e. The van der Waals surface area contributed by atoms with Crippen molar-refractivity contribution in [2.24, 2.45) is 0 Å². The van der Waals surface area contributed by atoms with Gasteiger partial charge in [0, 0.05) is 15.8 Å². The molecule has 1 rings (SSSR count). The SMILES string of the molecule is CCCCC(=O)c1sc(C)cc1Br. The second-order valence-electron chi connectivity index (χ2n) is 3.06. The second-order valence-corrected chi connectivity index (χ2v) is 5.17. The number of ketones is 1. The summed E-state index contributed by atoms with van der Waals surface area (Å²) >= 11 is 4.98.